The van der Waals surface area contributed by atoms with Crippen LogP contribution < -0.4 is 15.6 Å². The summed E-state index contributed by atoms with van der Waals surface area (Å²) >= 11 is 0. The SMILES string of the molecule is CC(O)COc1ccccc1N(N)C=N. The molecule has 5 nitrogen and oxygen atoms in total. The molecule has 0 radical (unpaired) electrons. The number of rotatable bonds is 5. The van der Waals surface area contributed by atoms with E-state index in [2.05, 4.69) is 0 Å². The maximum atomic E-state index is 9.09. The highest BCUT2D eigenvalue weighted by atomic mass is 16.5. The molecule has 1 atom stereocenters. The van der Waals surface area contributed by atoms with Crippen LogP contribution in [-0.2, 0) is 0 Å². The molecule has 0 amide bonds. The Labute approximate surface area is 88.6 Å². The Morgan fingerprint density at radius 1 is 1.60 bits per heavy atom. The molecule has 0 aliphatic heterocycles. The molecule has 82 valence electrons. The van der Waals surface area contributed by atoms with E-state index >= 15 is 0 Å². The molecule has 1 aromatic rings. The standard InChI is InChI=1S/C10H15N3O2/c1-8(14)6-15-10-5-3-2-4-9(10)13(12)7-11/h2-5,7-8,11,14H,6,12H2,1H3. The third-order valence-corrected chi connectivity index (χ3v) is 1.76. The van der Waals surface area contributed by atoms with E-state index in [4.69, 9.17) is 21.1 Å². The largest absolute Gasteiger partial charge is 0.489 e. The van der Waals surface area contributed by atoms with Crippen molar-refractivity contribution in [2.75, 3.05) is 11.6 Å². The number of nitrogens with zero attached hydrogens (tertiary/aromatic N) is 1. The fraction of sp³-hybridized carbons (Fsp3) is 0.300. The molecule has 15 heavy (non-hydrogen) atoms. The van der Waals surface area contributed by atoms with Gasteiger partial charge in [-0.2, -0.15) is 0 Å². The van der Waals surface area contributed by atoms with Gasteiger partial charge in [-0.1, -0.05) is 12.1 Å². The Kier molecular flexibility index (Phi) is 4.08. The molecular weight excluding hydrogens is 194 g/mol. The van der Waals surface area contributed by atoms with E-state index in [0.29, 0.717) is 11.4 Å². The van der Waals surface area contributed by atoms with Crippen molar-refractivity contribution in [2.24, 2.45) is 5.84 Å². The van der Waals surface area contributed by atoms with E-state index in [1.54, 1.807) is 31.2 Å². The third-order valence-electron chi connectivity index (χ3n) is 1.76. The highest BCUT2D eigenvalue weighted by Crippen LogP contribution is 2.25. The van der Waals surface area contributed by atoms with Gasteiger partial charge in [0.1, 0.15) is 24.4 Å². The number of hydrazine groups is 1. The van der Waals surface area contributed by atoms with Crippen LogP contribution in [0.15, 0.2) is 24.3 Å². The number of aliphatic hydroxyl groups excluding tert-OH is 1. The summed E-state index contributed by atoms with van der Waals surface area (Å²) in [6.07, 6.45) is 0.453. The Balaban J connectivity index is 2.81. The molecule has 0 heterocycles. The summed E-state index contributed by atoms with van der Waals surface area (Å²) in [6, 6.07) is 7.08. The highest BCUT2D eigenvalue weighted by Gasteiger charge is 2.07. The number of aliphatic hydroxyl groups is 1. The van der Waals surface area contributed by atoms with E-state index in [9.17, 15) is 0 Å². The smallest absolute Gasteiger partial charge is 0.144 e. The molecule has 4 N–H and O–H groups in total. The van der Waals surface area contributed by atoms with E-state index in [1.165, 1.54) is 0 Å². The van der Waals surface area contributed by atoms with E-state index in [0.717, 1.165) is 11.3 Å². The zero-order valence-corrected chi connectivity index (χ0v) is 8.55. The van der Waals surface area contributed by atoms with Crippen molar-refractivity contribution in [3.8, 4) is 5.75 Å². The van der Waals surface area contributed by atoms with E-state index in [-0.39, 0.29) is 6.61 Å². The molecule has 1 aromatic carbocycles. The van der Waals surface area contributed by atoms with E-state index < -0.39 is 6.10 Å². The number of para-hydroxylation sites is 2. The quantitative estimate of drug-likeness (QED) is 0.289. The second-order valence-corrected chi connectivity index (χ2v) is 3.16. The summed E-state index contributed by atoms with van der Waals surface area (Å²) in [7, 11) is 0. The minimum Gasteiger partial charge on any atom is -0.489 e. The lowest BCUT2D eigenvalue weighted by Crippen LogP contribution is -2.29. The lowest BCUT2D eigenvalue weighted by atomic mass is 10.3. The van der Waals surface area contributed by atoms with Gasteiger partial charge in [0.05, 0.1) is 6.10 Å². The van der Waals surface area contributed by atoms with Gasteiger partial charge in [0.2, 0.25) is 0 Å². The first-order chi connectivity index (χ1) is 7.15. The first kappa shape index (κ1) is 11.5. The van der Waals surface area contributed by atoms with Gasteiger partial charge in [0.15, 0.2) is 0 Å². The topological polar surface area (TPSA) is 82.6 Å². The van der Waals surface area contributed by atoms with E-state index in [1.807, 2.05) is 0 Å². The summed E-state index contributed by atoms with van der Waals surface area (Å²) in [5.74, 6) is 6.09. The Bertz CT molecular complexity index is 328. The van der Waals surface area contributed by atoms with Gasteiger partial charge in [0.25, 0.3) is 0 Å². The minimum absolute atomic E-state index is 0.197. The predicted octanol–water partition coefficient (Wildman–Crippen LogP) is 0.733. The Morgan fingerprint density at radius 2 is 2.27 bits per heavy atom. The average Bonchev–Trinajstić information content (AvgIpc) is 2.25. The zero-order chi connectivity index (χ0) is 11.3. The van der Waals surface area contributed by atoms with Gasteiger partial charge in [-0.25, -0.2) is 5.84 Å². The van der Waals surface area contributed by atoms with Crippen LogP contribution in [0.2, 0.25) is 0 Å². The molecule has 0 saturated heterocycles. The van der Waals surface area contributed by atoms with Crippen molar-refractivity contribution in [3.63, 3.8) is 0 Å². The van der Waals surface area contributed by atoms with Crippen LogP contribution in [0.5, 0.6) is 5.75 Å². The van der Waals surface area contributed by atoms with Crippen LogP contribution in [0.4, 0.5) is 5.69 Å². The van der Waals surface area contributed by atoms with Gasteiger partial charge in [-0.15, -0.1) is 0 Å². The second-order valence-electron chi connectivity index (χ2n) is 3.16. The van der Waals surface area contributed by atoms with Crippen LogP contribution in [0.3, 0.4) is 0 Å². The lowest BCUT2D eigenvalue weighted by Gasteiger charge is -2.17. The molecule has 0 saturated carbocycles. The molecule has 0 aromatic heterocycles. The first-order valence-electron chi connectivity index (χ1n) is 4.59. The maximum absolute atomic E-state index is 9.09. The van der Waals surface area contributed by atoms with Gasteiger partial charge in [-0.05, 0) is 19.1 Å². The number of benzene rings is 1. The molecule has 0 aliphatic carbocycles. The molecule has 0 spiro atoms. The van der Waals surface area contributed by atoms with Crippen LogP contribution in [0.25, 0.3) is 0 Å². The van der Waals surface area contributed by atoms with Crippen molar-refractivity contribution in [1.82, 2.24) is 0 Å². The molecule has 1 rings (SSSR count). The third kappa shape index (κ3) is 3.23. The van der Waals surface area contributed by atoms with Crippen molar-refractivity contribution in [3.05, 3.63) is 24.3 Å². The van der Waals surface area contributed by atoms with Gasteiger partial charge < -0.3 is 9.84 Å². The highest BCUT2D eigenvalue weighted by molar-refractivity contribution is 5.78. The summed E-state index contributed by atoms with van der Waals surface area (Å²) in [4.78, 5) is 0. The molecule has 0 fully saturated rings. The van der Waals surface area contributed by atoms with Gasteiger partial charge in [-0.3, -0.25) is 10.4 Å². The van der Waals surface area contributed by atoms with Crippen LogP contribution in [0, 0.1) is 5.41 Å². The summed E-state index contributed by atoms with van der Waals surface area (Å²) in [5.41, 5.74) is 0.591. The number of hydrogen-bond donors (Lipinski definition) is 3. The normalized spacial score (nSPS) is 11.9. The number of nitrogens with two attached hydrogens (primary N) is 1. The van der Waals surface area contributed by atoms with Gasteiger partial charge in [0, 0.05) is 0 Å². The summed E-state index contributed by atoms with van der Waals surface area (Å²) < 4.78 is 5.35. The number of anilines is 1. The predicted molar refractivity (Wildman–Crippen MR) is 59.1 cm³/mol. The van der Waals surface area contributed by atoms with Crippen LogP contribution in [0.1, 0.15) is 6.92 Å². The Morgan fingerprint density at radius 3 is 2.87 bits per heavy atom. The fourth-order valence-corrected chi connectivity index (χ4v) is 1.07. The molecule has 5 heteroatoms. The second kappa shape index (κ2) is 5.33. The van der Waals surface area contributed by atoms with Crippen molar-refractivity contribution >= 4 is 12.0 Å². The molecule has 0 aliphatic rings. The van der Waals surface area contributed by atoms with Gasteiger partial charge >= 0.3 is 0 Å². The summed E-state index contributed by atoms with van der Waals surface area (Å²) in [6.45, 7) is 1.84. The fourth-order valence-electron chi connectivity index (χ4n) is 1.07. The molecular formula is C10H15N3O2. The lowest BCUT2D eigenvalue weighted by molar-refractivity contribution is 0.123. The van der Waals surface area contributed by atoms with Crippen LogP contribution in [-0.4, -0.2) is 24.2 Å². The number of ether oxygens (including phenoxy) is 1. The zero-order valence-electron chi connectivity index (χ0n) is 8.55. The Hall–Kier alpha value is -1.59. The van der Waals surface area contributed by atoms with Crippen molar-refractivity contribution < 1.29 is 9.84 Å². The maximum Gasteiger partial charge on any atom is 0.144 e. The summed E-state index contributed by atoms with van der Waals surface area (Å²) in [5, 5.41) is 17.3. The molecule has 0 bridgehead atoms. The first-order valence-corrected chi connectivity index (χ1v) is 4.59. The monoisotopic (exact) mass is 209 g/mol. The van der Waals surface area contributed by atoms with Crippen molar-refractivity contribution in [2.45, 2.75) is 13.0 Å². The number of hydrogen-bond acceptors (Lipinski definition) is 4. The van der Waals surface area contributed by atoms with Crippen molar-refractivity contribution in [1.29, 1.82) is 5.41 Å². The minimum atomic E-state index is -0.538. The van der Waals surface area contributed by atoms with Crippen LogP contribution >= 0.6 is 0 Å². The number of nitrogens with one attached hydrogen (secondary N) is 1. The average molecular weight is 209 g/mol. The molecule has 1 unspecified atom stereocenters.